The molecule has 15 heteroatoms. The Morgan fingerprint density at radius 3 is 0.845 bits per heavy atom. The third-order valence-electron chi connectivity index (χ3n) is 13.5. The van der Waals surface area contributed by atoms with Gasteiger partial charge < -0.3 is 42.6 Å². The zero-order valence-electron chi connectivity index (χ0n) is 50.8. The van der Waals surface area contributed by atoms with Crippen molar-refractivity contribution < 1.29 is 71.4 Å². The van der Waals surface area contributed by atoms with Crippen molar-refractivity contribution in [3.8, 4) is 17.2 Å². The summed E-state index contributed by atoms with van der Waals surface area (Å²) in [7, 11) is 0. The van der Waals surface area contributed by atoms with E-state index in [1.54, 1.807) is 39.0 Å². The minimum atomic E-state index is -0.872. The topological polar surface area (TPSA) is 185 Å². The lowest BCUT2D eigenvalue weighted by Crippen LogP contribution is -2.30. The standard InChI is InChI=1S/C69H98O15/c1-4-76-66(72)49-40-57-34-43-60(44-35-57)79-52-28-22-16-10-7-13-19-25-31-64(70)82-55-63(84-69(75)33-27-21-15-9-12-18-24-30-54-81-62-47-38-59(39-48-62)42-51-68(74)78-6-3)56-83-65(71)32-26-20-14-8-11-17-23-29-53-80-61-45-36-58(37-46-61)41-50-67(73)77-5-2/h34-51,63H,4-33,52-56H2,1-3H3. The predicted molar refractivity (Wildman–Crippen MR) is 329 cm³/mol. The Hall–Kier alpha value is -6.90. The summed E-state index contributed by atoms with van der Waals surface area (Å²) in [5.41, 5.74) is 2.70. The molecule has 0 aliphatic carbocycles. The molecule has 0 saturated heterocycles. The van der Waals surface area contributed by atoms with E-state index < -0.39 is 12.1 Å². The zero-order chi connectivity index (χ0) is 60.3. The SMILES string of the molecule is CCOC(=O)C=Cc1ccc(OCCCCCCCCCCC(=O)OCC(COC(=O)CCCCCCCCCCOc2ccc(C=CC(=O)OCC)cc2)OC(=O)CCCCCCCCCCOc2ccc(C=CC(=O)OCC)cc2)cc1. The lowest BCUT2D eigenvalue weighted by Gasteiger charge is -2.18. The molecule has 0 amide bonds. The van der Waals surface area contributed by atoms with Crippen molar-refractivity contribution >= 4 is 54.0 Å². The summed E-state index contributed by atoms with van der Waals surface area (Å²) >= 11 is 0. The van der Waals surface area contributed by atoms with Gasteiger partial charge in [0.2, 0.25) is 0 Å². The first-order chi connectivity index (χ1) is 41.1. The Labute approximate surface area is 501 Å². The van der Waals surface area contributed by atoms with Crippen molar-refractivity contribution in [1.82, 2.24) is 0 Å². The summed E-state index contributed by atoms with van der Waals surface area (Å²) in [6, 6.07) is 22.8. The molecule has 0 atom stereocenters. The fourth-order valence-electron chi connectivity index (χ4n) is 8.83. The van der Waals surface area contributed by atoms with Crippen molar-refractivity contribution in [2.45, 2.75) is 200 Å². The molecule has 15 nitrogen and oxygen atoms in total. The molecule has 0 radical (unpaired) electrons. The van der Waals surface area contributed by atoms with E-state index in [4.69, 9.17) is 42.6 Å². The highest BCUT2D eigenvalue weighted by atomic mass is 16.6. The summed E-state index contributed by atoms with van der Waals surface area (Å²) < 4.78 is 49.3. The minimum absolute atomic E-state index is 0.161. The van der Waals surface area contributed by atoms with Crippen molar-refractivity contribution in [1.29, 1.82) is 0 Å². The zero-order valence-corrected chi connectivity index (χ0v) is 50.8. The van der Waals surface area contributed by atoms with Crippen LogP contribution in [0.2, 0.25) is 0 Å². The van der Waals surface area contributed by atoms with Crippen molar-refractivity contribution in [3.63, 3.8) is 0 Å². The first-order valence-corrected chi connectivity index (χ1v) is 31.3. The maximum atomic E-state index is 13.0. The van der Waals surface area contributed by atoms with E-state index in [0.29, 0.717) is 58.9 Å². The number of ether oxygens (including phenoxy) is 9. The monoisotopic (exact) mass is 1170 g/mol. The Morgan fingerprint density at radius 1 is 0.321 bits per heavy atom. The Bertz CT molecular complexity index is 2210. The van der Waals surface area contributed by atoms with Crippen LogP contribution in [0.4, 0.5) is 0 Å². The smallest absolute Gasteiger partial charge is 0.330 e. The van der Waals surface area contributed by atoms with Crippen LogP contribution in [0.15, 0.2) is 91.0 Å². The van der Waals surface area contributed by atoms with E-state index in [1.165, 1.54) is 18.2 Å². The highest BCUT2D eigenvalue weighted by Gasteiger charge is 2.20. The van der Waals surface area contributed by atoms with Crippen LogP contribution in [0.25, 0.3) is 18.2 Å². The molecule has 0 heterocycles. The molecule has 0 unspecified atom stereocenters. The number of carbonyl (C=O) groups excluding carboxylic acids is 6. The minimum Gasteiger partial charge on any atom is -0.494 e. The summed E-state index contributed by atoms with van der Waals surface area (Å²) in [5, 5.41) is 0. The average Bonchev–Trinajstić information content (AvgIpc) is 3.50. The molecule has 0 aliphatic heterocycles. The van der Waals surface area contributed by atoms with Crippen LogP contribution in [0, 0.1) is 0 Å². The van der Waals surface area contributed by atoms with Gasteiger partial charge in [-0.15, -0.1) is 0 Å². The van der Waals surface area contributed by atoms with Crippen LogP contribution in [0.3, 0.4) is 0 Å². The third-order valence-corrected chi connectivity index (χ3v) is 13.5. The molecule has 3 rings (SSSR count). The van der Waals surface area contributed by atoms with E-state index in [2.05, 4.69) is 0 Å². The fraction of sp³-hybridized carbons (Fsp3) is 0.565. The van der Waals surface area contributed by atoms with Gasteiger partial charge in [-0.05, 0) is 131 Å². The largest absolute Gasteiger partial charge is 0.494 e. The normalized spacial score (nSPS) is 11.6. The quantitative estimate of drug-likeness (QED) is 0.0225. The molecular weight excluding hydrogens is 1070 g/mol. The lowest BCUT2D eigenvalue weighted by molar-refractivity contribution is -0.167. The molecular formula is C69H98O15. The third kappa shape index (κ3) is 38.8. The fourth-order valence-corrected chi connectivity index (χ4v) is 8.83. The first kappa shape index (κ1) is 71.4. The summed E-state index contributed by atoms with van der Waals surface area (Å²) in [4.78, 5) is 73.1. The van der Waals surface area contributed by atoms with Crippen LogP contribution < -0.4 is 14.2 Å². The van der Waals surface area contributed by atoms with Gasteiger partial charge in [-0.3, -0.25) is 14.4 Å². The lowest BCUT2D eigenvalue weighted by atomic mass is 10.1. The van der Waals surface area contributed by atoms with Gasteiger partial charge in [0.25, 0.3) is 0 Å². The molecule has 0 aromatic heterocycles. The van der Waals surface area contributed by atoms with Gasteiger partial charge in [-0.25, -0.2) is 14.4 Å². The number of unbranched alkanes of at least 4 members (excludes halogenated alkanes) is 21. The molecule has 464 valence electrons. The molecule has 0 N–H and O–H groups in total. The van der Waals surface area contributed by atoms with Crippen LogP contribution in [0.5, 0.6) is 17.2 Å². The van der Waals surface area contributed by atoms with Gasteiger partial charge in [0.05, 0.1) is 39.6 Å². The van der Waals surface area contributed by atoms with E-state index in [9.17, 15) is 28.8 Å². The molecule has 0 bridgehead atoms. The highest BCUT2D eigenvalue weighted by molar-refractivity contribution is 5.88. The maximum Gasteiger partial charge on any atom is 0.330 e. The van der Waals surface area contributed by atoms with Crippen molar-refractivity contribution in [2.24, 2.45) is 0 Å². The number of esters is 6. The van der Waals surface area contributed by atoms with Gasteiger partial charge in [0.15, 0.2) is 6.10 Å². The van der Waals surface area contributed by atoms with Crippen LogP contribution in [-0.2, 0) is 57.2 Å². The Morgan fingerprint density at radius 2 is 0.571 bits per heavy atom. The molecule has 0 aliphatic rings. The van der Waals surface area contributed by atoms with E-state index in [-0.39, 0.29) is 62.3 Å². The summed E-state index contributed by atoms with van der Waals surface area (Å²) in [6.07, 6.45) is 33.3. The molecule has 0 fully saturated rings. The maximum absolute atomic E-state index is 13.0. The molecule has 3 aromatic carbocycles. The van der Waals surface area contributed by atoms with Gasteiger partial charge in [0, 0.05) is 37.5 Å². The number of hydrogen-bond acceptors (Lipinski definition) is 15. The highest BCUT2D eigenvalue weighted by Crippen LogP contribution is 2.19. The molecule has 0 spiro atoms. The van der Waals surface area contributed by atoms with Gasteiger partial charge in [0.1, 0.15) is 30.5 Å². The summed E-state index contributed by atoms with van der Waals surface area (Å²) in [6.45, 7) is 7.97. The average molecular weight is 1170 g/mol. The number of rotatable bonds is 50. The van der Waals surface area contributed by atoms with Gasteiger partial charge in [-0.2, -0.15) is 0 Å². The van der Waals surface area contributed by atoms with Gasteiger partial charge >= 0.3 is 35.8 Å². The molecule has 3 aromatic rings. The summed E-state index contributed by atoms with van der Waals surface area (Å²) in [5.74, 6) is 0.203. The Kier molecular flexibility index (Phi) is 41.2. The molecule has 0 saturated carbocycles. The van der Waals surface area contributed by atoms with E-state index in [0.717, 1.165) is 169 Å². The van der Waals surface area contributed by atoms with Crippen molar-refractivity contribution in [2.75, 3.05) is 52.9 Å². The Balaban J connectivity index is 1.26. The van der Waals surface area contributed by atoms with Crippen LogP contribution in [-0.4, -0.2) is 94.8 Å². The molecule has 84 heavy (non-hydrogen) atoms. The second kappa shape index (κ2) is 48.5. The number of carbonyl (C=O) groups is 6. The van der Waals surface area contributed by atoms with Crippen LogP contribution in [0.1, 0.15) is 211 Å². The van der Waals surface area contributed by atoms with Crippen molar-refractivity contribution in [3.05, 3.63) is 108 Å². The van der Waals surface area contributed by atoms with E-state index in [1.807, 2.05) is 72.8 Å². The number of benzene rings is 3. The van der Waals surface area contributed by atoms with Gasteiger partial charge in [-0.1, -0.05) is 152 Å². The number of hydrogen-bond donors (Lipinski definition) is 0. The van der Waals surface area contributed by atoms with Crippen LogP contribution >= 0.6 is 0 Å². The van der Waals surface area contributed by atoms with E-state index >= 15 is 0 Å². The second-order valence-electron chi connectivity index (χ2n) is 20.7. The second-order valence-corrected chi connectivity index (χ2v) is 20.7. The predicted octanol–water partition coefficient (Wildman–Crippen LogP) is 15.5. The first-order valence-electron chi connectivity index (χ1n) is 31.3.